The maximum atomic E-state index is 12.2. The van der Waals surface area contributed by atoms with E-state index in [2.05, 4.69) is 0 Å². The molecule has 0 spiro atoms. The second kappa shape index (κ2) is 7.94. The SMILES string of the molecule is Cc1ccccc1OCCN(C)S(=O)(=O)C=Cc1ccccc1. The topological polar surface area (TPSA) is 46.6 Å². The van der Waals surface area contributed by atoms with Crippen molar-refractivity contribution in [3.05, 3.63) is 71.1 Å². The predicted molar refractivity (Wildman–Crippen MR) is 93.7 cm³/mol. The van der Waals surface area contributed by atoms with Gasteiger partial charge in [0.05, 0.1) is 0 Å². The maximum absolute atomic E-state index is 12.2. The van der Waals surface area contributed by atoms with E-state index in [1.54, 1.807) is 13.1 Å². The Morgan fingerprint density at radius 1 is 1.04 bits per heavy atom. The summed E-state index contributed by atoms with van der Waals surface area (Å²) >= 11 is 0. The van der Waals surface area contributed by atoms with Crippen molar-refractivity contribution in [3.8, 4) is 5.75 Å². The van der Waals surface area contributed by atoms with Crippen molar-refractivity contribution in [2.45, 2.75) is 6.92 Å². The molecule has 0 saturated heterocycles. The van der Waals surface area contributed by atoms with Crippen LogP contribution in [0.15, 0.2) is 60.0 Å². The van der Waals surface area contributed by atoms with Crippen LogP contribution in [0, 0.1) is 6.92 Å². The molecule has 0 aliphatic carbocycles. The molecule has 0 atom stereocenters. The molecule has 23 heavy (non-hydrogen) atoms. The second-order valence-electron chi connectivity index (χ2n) is 5.19. The van der Waals surface area contributed by atoms with Gasteiger partial charge in [0.2, 0.25) is 10.0 Å². The first kappa shape index (κ1) is 17.2. The highest BCUT2D eigenvalue weighted by Crippen LogP contribution is 2.16. The molecule has 2 rings (SSSR count). The van der Waals surface area contributed by atoms with Crippen LogP contribution < -0.4 is 4.74 Å². The largest absolute Gasteiger partial charge is 0.492 e. The zero-order chi connectivity index (χ0) is 16.7. The van der Waals surface area contributed by atoms with Gasteiger partial charge in [0.1, 0.15) is 12.4 Å². The minimum Gasteiger partial charge on any atom is -0.492 e. The Hall–Kier alpha value is -2.11. The van der Waals surface area contributed by atoms with Crippen LogP contribution in [0.3, 0.4) is 0 Å². The van der Waals surface area contributed by atoms with Crippen LogP contribution in [0.4, 0.5) is 0 Å². The molecular formula is C18H21NO3S. The summed E-state index contributed by atoms with van der Waals surface area (Å²) in [6.45, 7) is 2.55. The maximum Gasteiger partial charge on any atom is 0.236 e. The molecule has 0 radical (unpaired) electrons. The van der Waals surface area contributed by atoms with Crippen molar-refractivity contribution >= 4 is 16.1 Å². The van der Waals surface area contributed by atoms with Crippen LogP contribution in [0.1, 0.15) is 11.1 Å². The summed E-state index contributed by atoms with van der Waals surface area (Å²) in [5.41, 5.74) is 1.88. The average molecular weight is 331 g/mol. The van der Waals surface area contributed by atoms with Gasteiger partial charge in [-0.25, -0.2) is 8.42 Å². The molecule has 0 heterocycles. The van der Waals surface area contributed by atoms with E-state index in [0.29, 0.717) is 6.61 Å². The summed E-state index contributed by atoms with van der Waals surface area (Å²) in [5, 5.41) is 1.22. The van der Waals surface area contributed by atoms with Crippen molar-refractivity contribution in [1.29, 1.82) is 0 Å². The predicted octanol–water partition coefficient (Wildman–Crippen LogP) is 3.31. The lowest BCUT2D eigenvalue weighted by molar-refractivity contribution is 0.286. The van der Waals surface area contributed by atoms with Crippen molar-refractivity contribution in [3.63, 3.8) is 0 Å². The Kier molecular flexibility index (Phi) is 5.96. The van der Waals surface area contributed by atoms with Crippen LogP contribution in [-0.2, 0) is 10.0 Å². The third-order valence-corrected chi connectivity index (χ3v) is 4.96. The van der Waals surface area contributed by atoms with Crippen molar-refractivity contribution in [2.75, 3.05) is 20.2 Å². The molecule has 0 aliphatic heterocycles. The first-order valence-electron chi connectivity index (χ1n) is 7.37. The smallest absolute Gasteiger partial charge is 0.236 e. The molecule has 2 aromatic carbocycles. The summed E-state index contributed by atoms with van der Waals surface area (Å²) in [7, 11) is -1.90. The Bertz CT molecular complexity index is 755. The van der Waals surface area contributed by atoms with Gasteiger partial charge in [0, 0.05) is 19.0 Å². The Labute approximate surface area is 138 Å². The van der Waals surface area contributed by atoms with E-state index < -0.39 is 10.0 Å². The highest BCUT2D eigenvalue weighted by atomic mass is 32.2. The van der Waals surface area contributed by atoms with Crippen LogP contribution in [0.2, 0.25) is 0 Å². The normalized spacial score (nSPS) is 12.0. The molecule has 122 valence electrons. The summed E-state index contributed by atoms with van der Waals surface area (Å²) in [5.74, 6) is 0.776. The molecule has 2 aromatic rings. The number of hydrogen-bond donors (Lipinski definition) is 0. The number of aryl methyl sites for hydroxylation is 1. The molecular weight excluding hydrogens is 310 g/mol. The third kappa shape index (κ3) is 5.23. The fourth-order valence-electron chi connectivity index (χ4n) is 1.96. The van der Waals surface area contributed by atoms with E-state index in [0.717, 1.165) is 16.9 Å². The summed E-state index contributed by atoms with van der Waals surface area (Å²) in [4.78, 5) is 0. The van der Waals surface area contributed by atoms with Gasteiger partial charge in [-0.15, -0.1) is 0 Å². The first-order chi connectivity index (χ1) is 11.0. The van der Waals surface area contributed by atoms with Gasteiger partial charge in [-0.05, 0) is 30.2 Å². The quantitative estimate of drug-likeness (QED) is 0.782. The number of sulfonamides is 1. The molecule has 0 bridgehead atoms. The molecule has 0 aromatic heterocycles. The number of rotatable bonds is 7. The summed E-state index contributed by atoms with van der Waals surface area (Å²) in [6.07, 6.45) is 1.59. The van der Waals surface area contributed by atoms with Crippen LogP contribution in [0.25, 0.3) is 6.08 Å². The van der Waals surface area contributed by atoms with Gasteiger partial charge < -0.3 is 4.74 Å². The van der Waals surface area contributed by atoms with E-state index in [-0.39, 0.29) is 6.54 Å². The van der Waals surface area contributed by atoms with Crippen molar-refractivity contribution in [1.82, 2.24) is 4.31 Å². The Morgan fingerprint density at radius 3 is 2.39 bits per heavy atom. The van der Waals surface area contributed by atoms with Crippen LogP contribution in [-0.4, -0.2) is 32.9 Å². The third-order valence-electron chi connectivity index (χ3n) is 3.42. The number of ether oxygens (including phenoxy) is 1. The molecule has 0 aliphatic rings. The van der Waals surface area contributed by atoms with Crippen molar-refractivity contribution in [2.24, 2.45) is 0 Å². The zero-order valence-electron chi connectivity index (χ0n) is 13.3. The molecule has 0 fully saturated rings. The van der Waals surface area contributed by atoms with E-state index in [1.165, 1.54) is 9.71 Å². The highest BCUT2D eigenvalue weighted by molar-refractivity contribution is 7.92. The van der Waals surface area contributed by atoms with E-state index >= 15 is 0 Å². The van der Waals surface area contributed by atoms with E-state index in [9.17, 15) is 8.42 Å². The number of nitrogens with zero attached hydrogens (tertiary/aromatic N) is 1. The Morgan fingerprint density at radius 2 is 1.70 bits per heavy atom. The molecule has 5 heteroatoms. The van der Waals surface area contributed by atoms with Gasteiger partial charge in [0.25, 0.3) is 0 Å². The lowest BCUT2D eigenvalue weighted by atomic mass is 10.2. The molecule has 0 amide bonds. The van der Waals surface area contributed by atoms with Crippen LogP contribution >= 0.6 is 0 Å². The van der Waals surface area contributed by atoms with E-state index in [1.807, 2.05) is 61.5 Å². The minimum atomic E-state index is -3.45. The number of para-hydroxylation sites is 1. The van der Waals surface area contributed by atoms with Gasteiger partial charge in [-0.1, -0.05) is 48.5 Å². The zero-order valence-corrected chi connectivity index (χ0v) is 14.2. The van der Waals surface area contributed by atoms with Gasteiger partial charge in [-0.2, -0.15) is 4.31 Å². The van der Waals surface area contributed by atoms with Gasteiger partial charge in [-0.3, -0.25) is 0 Å². The molecule has 0 N–H and O–H groups in total. The van der Waals surface area contributed by atoms with Gasteiger partial charge in [0.15, 0.2) is 0 Å². The summed E-state index contributed by atoms with van der Waals surface area (Å²) < 4.78 is 31.3. The number of likely N-dealkylation sites (N-methyl/N-ethyl adjacent to an activating group) is 1. The minimum absolute atomic E-state index is 0.287. The average Bonchev–Trinajstić information content (AvgIpc) is 2.55. The lowest BCUT2D eigenvalue weighted by Gasteiger charge is -2.15. The number of hydrogen-bond acceptors (Lipinski definition) is 3. The molecule has 0 unspecified atom stereocenters. The molecule has 4 nitrogen and oxygen atoms in total. The van der Waals surface area contributed by atoms with Crippen molar-refractivity contribution < 1.29 is 13.2 Å². The van der Waals surface area contributed by atoms with Gasteiger partial charge >= 0.3 is 0 Å². The first-order valence-corrected chi connectivity index (χ1v) is 8.87. The number of benzene rings is 2. The standard InChI is InChI=1S/C18H21NO3S/c1-16-8-6-7-11-18(16)22-14-13-19(2)23(20,21)15-12-17-9-4-3-5-10-17/h3-12,15H,13-14H2,1-2H3. The highest BCUT2D eigenvalue weighted by Gasteiger charge is 2.14. The molecule has 0 saturated carbocycles. The summed E-state index contributed by atoms with van der Waals surface area (Å²) in [6, 6.07) is 17.0. The Balaban J connectivity index is 1.90. The fraction of sp³-hybridized carbons (Fsp3) is 0.222. The monoisotopic (exact) mass is 331 g/mol. The fourth-order valence-corrected chi connectivity index (χ4v) is 2.83. The lowest BCUT2D eigenvalue weighted by Crippen LogP contribution is -2.29. The van der Waals surface area contributed by atoms with Crippen LogP contribution in [0.5, 0.6) is 5.75 Å². The second-order valence-corrected chi connectivity index (χ2v) is 7.12. The van der Waals surface area contributed by atoms with E-state index in [4.69, 9.17) is 4.74 Å².